The van der Waals surface area contributed by atoms with Crippen LogP contribution in [0, 0.1) is 6.92 Å². The molecule has 0 saturated heterocycles. The molecule has 0 radical (unpaired) electrons. The fourth-order valence-corrected chi connectivity index (χ4v) is 2.05. The van der Waals surface area contributed by atoms with E-state index in [9.17, 15) is 4.79 Å². The lowest BCUT2D eigenvalue weighted by molar-refractivity contribution is 0.0761. The predicted octanol–water partition coefficient (Wildman–Crippen LogP) is 1.80. The quantitative estimate of drug-likeness (QED) is 0.780. The third kappa shape index (κ3) is 4.06. The minimum Gasteiger partial charge on any atom is -0.339 e. The van der Waals surface area contributed by atoms with Gasteiger partial charge in [0.25, 0.3) is 5.91 Å². The number of carbonyl (C=O) groups is 1. The van der Waals surface area contributed by atoms with Crippen molar-refractivity contribution in [3.05, 3.63) is 17.5 Å². The zero-order valence-electron chi connectivity index (χ0n) is 12.4. The Bertz CT molecular complexity index is 400. The van der Waals surface area contributed by atoms with Crippen molar-refractivity contribution in [3.8, 4) is 0 Å². The second kappa shape index (κ2) is 7.94. The van der Waals surface area contributed by atoms with E-state index in [-0.39, 0.29) is 5.91 Å². The molecule has 0 aliphatic rings. The molecule has 1 aromatic rings. The van der Waals surface area contributed by atoms with Gasteiger partial charge in [0, 0.05) is 25.3 Å². The summed E-state index contributed by atoms with van der Waals surface area (Å²) < 4.78 is 1.87. The number of nitrogens with two attached hydrogens (primary N) is 1. The molecule has 0 unspecified atom stereocenters. The third-order valence-electron chi connectivity index (χ3n) is 3.36. The maximum absolute atomic E-state index is 12.4. The Morgan fingerprint density at radius 2 is 2.16 bits per heavy atom. The third-order valence-corrected chi connectivity index (χ3v) is 3.36. The predicted molar refractivity (Wildman–Crippen MR) is 77.1 cm³/mol. The summed E-state index contributed by atoms with van der Waals surface area (Å²) in [5.74, 6) is 0.0902. The van der Waals surface area contributed by atoms with Crippen LogP contribution >= 0.6 is 0 Å². The lowest BCUT2D eigenvalue weighted by atomic mass is 10.2. The van der Waals surface area contributed by atoms with E-state index in [2.05, 4.69) is 12.0 Å². The summed E-state index contributed by atoms with van der Waals surface area (Å²) in [6, 6.07) is 0. The standard InChI is InChI=1S/C14H26N4O/c1-4-6-9-17(5-2)14(19)13-11-16-18(12(13)3)10-7-8-15/h11H,4-10,15H2,1-3H3. The number of rotatable bonds is 8. The van der Waals surface area contributed by atoms with Gasteiger partial charge in [0.15, 0.2) is 0 Å². The average molecular weight is 266 g/mol. The molecule has 0 atom stereocenters. The zero-order valence-corrected chi connectivity index (χ0v) is 12.4. The van der Waals surface area contributed by atoms with Gasteiger partial charge in [-0.25, -0.2) is 0 Å². The van der Waals surface area contributed by atoms with Crippen LogP contribution in [0.2, 0.25) is 0 Å². The van der Waals surface area contributed by atoms with E-state index in [1.54, 1.807) is 6.20 Å². The molecule has 0 aliphatic heterocycles. The molecule has 0 saturated carbocycles. The van der Waals surface area contributed by atoms with Crippen LogP contribution in [0.4, 0.5) is 0 Å². The topological polar surface area (TPSA) is 64.2 Å². The van der Waals surface area contributed by atoms with Gasteiger partial charge in [-0.2, -0.15) is 5.10 Å². The molecule has 0 fully saturated rings. The average Bonchev–Trinajstić information content (AvgIpc) is 2.78. The summed E-state index contributed by atoms with van der Waals surface area (Å²) in [6.45, 7) is 9.07. The van der Waals surface area contributed by atoms with Crippen molar-refractivity contribution < 1.29 is 4.79 Å². The molecule has 1 amide bonds. The summed E-state index contributed by atoms with van der Waals surface area (Å²) in [6.07, 6.45) is 4.70. The van der Waals surface area contributed by atoms with Crippen molar-refractivity contribution >= 4 is 5.91 Å². The first-order valence-corrected chi connectivity index (χ1v) is 7.17. The normalized spacial score (nSPS) is 10.7. The first-order valence-electron chi connectivity index (χ1n) is 7.17. The van der Waals surface area contributed by atoms with Gasteiger partial charge in [0.1, 0.15) is 0 Å². The highest BCUT2D eigenvalue weighted by atomic mass is 16.2. The molecule has 0 spiro atoms. The fraction of sp³-hybridized carbons (Fsp3) is 0.714. The molecule has 108 valence electrons. The highest BCUT2D eigenvalue weighted by Gasteiger charge is 2.18. The van der Waals surface area contributed by atoms with Gasteiger partial charge >= 0.3 is 0 Å². The Labute approximate surface area is 115 Å². The van der Waals surface area contributed by atoms with Crippen LogP contribution in [0.1, 0.15) is 49.2 Å². The van der Waals surface area contributed by atoms with Crippen LogP contribution in [0.5, 0.6) is 0 Å². The smallest absolute Gasteiger partial charge is 0.257 e. The summed E-state index contributed by atoms with van der Waals surface area (Å²) in [7, 11) is 0. The van der Waals surface area contributed by atoms with E-state index in [0.29, 0.717) is 6.54 Å². The number of aryl methyl sites for hydroxylation is 1. The first-order chi connectivity index (χ1) is 9.15. The molecule has 0 aliphatic carbocycles. The second-order valence-corrected chi connectivity index (χ2v) is 4.75. The number of aromatic nitrogens is 2. The highest BCUT2D eigenvalue weighted by Crippen LogP contribution is 2.12. The van der Waals surface area contributed by atoms with Gasteiger partial charge in [-0.05, 0) is 33.2 Å². The Balaban J connectivity index is 2.77. The Morgan fingerprint density at radius 3 is 2.74 bits per heavy atom. The van der Waals surface area contributed by atoms with Crippen LogP contribution in [0.15, 0.2) is 6.20 Å². The van der Waals surface area contributed by atoms with E-state index in [1.165, 1.54) is 0 Å². The fourth-order valence-electron chi connectivity index (χ4n) is 2.05. The van der Waals surface area contributed by atoms with Crippen molar-refractivity contribution in [1.82, 2.24) is 14.7 Å². The molecule has 0 aromatic carbocycles. The van der Waals surface area contributed by atoms with Crippen LogP contribution < -0.4 is 5.73 Å². The molecule has 5 heteroatoms. The maximum atomic E-state index is 12.4. The van der Waals surface area contributed by atoms with Gasteiger partial charge in [-0.15, -0.1) is 0 Å². The van der Waals surface area contributed by atoms with Crippen molar-refractivity contribution in [2.75, 3.05) is 19.6 Å². The van der Waals surface area contributed by atoms with E-state index >= 15 is 0 Å². The second-order valence-electron chi connectivity index (χ2n) is 4.75. The number of hydrogen-bond acceptors (Lipinski definition) is 3. The van der Waals surface area contributed by atoms with Gasteiger partial charge in [-0.3, -0.25) is 9.48 Å². The minimum absolute atomic E-state index is 0.0902. The Kier molecular flexibility index (Phi) is 6.56. The van der Waals surface area contributed by atoms with E-state index in [4.69, 9.17) is 5.73 Å². The van der Waals surface area contributed by atoms with Crippen LogP contribution in [0.3, 0.4) is 0 Å². The van der Waals surface area contributed by atoms with Crippen molar-refractivity contribution in [3.63, 3.8) is 0 Å². The molecule has 1 heterocycles. The zero-order chi connectivity index (χ0) is 14.3. The number of amides is 1. The Hall–Kier alpha value is -1.36. The number of nitrogens with zero attached hydrogens (tertiary/aromatic N) is 3. The van der Waals surface area contributed by atoms with E-state index in [0.717, 1.165) is 50.2 Å². The summed E-state index contributed by atoms with van der Waals surface area (Å²) in [5.41, 5.74) is 7.16. The molecular weight excluding hydrogens is 240 g/mol. The van der Waals surface area contributed by atoms with Gasteiger partial charge < -0.3 is 10.6 Å². The molecule has 1 aromatic heterocycles. The number of unbranched alkanes of at least 4 members (excludes halogenated alkanes) is 1. The molecule has 5 nitrogen and oxygen atoms in total. The number of hydrogen-bond donors (Lipinski definition) is 1. The van der Waals surface area contributed by atoms with Gasteiger partial charge in [-0.1, -0.05) is 13.3 Å². The first kappa shape index (κ1) is 15.7. The van der Waals surface area contributed by atoms with Crippen molar-refractivity contribution in [2.24, 2.45) is 5.73 Å². The van der Waals surface area contributed by atoms with Crippen LogP contribution in [-0.4, -0.2) is 40.2 Å². The Morgan fingerprint density at radius 1 is 1.42 bits per heavy atom. The lowest BCUT2D eigenvalue weighted by Gasteiger charge is -2.20. The summed E-state index contributed by atoms with van der Waals surface area (Å²) in [5, 5.41) is 4.28. The summed E-state index contributed by atoms with van der Waals surface area (Å²) in [4.78, 5) is 14.3. The maximum Gasteiger partial charge on any atom is 0.257 e. The largest absolute Gasteiger partial charge is 0.339 e. The highest BCUT2D eigenvalue weighted by molar-refractivity contribution is 5.95. The van der Waals surface area contributed by atoms with E-state index < -0.39 is 0 Å². The van der Waals surface area contributed by atoms with Gasteiger partial charge in [0.05, 0.1) is 11.8 Å². The summed E-state index contributed by atoms with van der Waals surface area (Å²) >= 11 is 0. The number of carbonyl (C=O) groups excluding carboxylic acids is 1. The molecule has 1 rings (SSSR count). The minimum atomic E-state index is 0.0902. The van der Waals surface area contributed by atoms with E-state index in [1.807, 2.05) is 23.4 Å². The lowest BCUT2D eigenvalue weighted by Crippen LogP contribution is -2.32. The van der Waals surface area contributed by atoms with Crippen LogP contribution in [-0.2, 0) is 6.54 Å². The van der Waals surface area contributed by atoms with Crippen molar-refractivity contribution in [1.29, 1.82) is 0 Å². The monoisotopic (exact) mass is 266 g/mol. The SMILES string of the molecule is CCCCN(CC)C(=O)c1cnn(CCCN)c1C. The molecule has 0 bridgehead atoms. The molecular formula is C14H26N4O. The van der Waals surface area contributed by atoms with Crippen LogP contribution in [0.25, 0.3) is 0 Å². The van der Waals surface area contributed by atoms with Gasteiger partial charge in [0.2, 0.25) is 0 Å². The molecule has 2 N–H and O–H groups in total. The molecule has 19 heavy (non-hydrogen) atoms. The van der Waals surface area contributed by atoms with Crippen molar-refractivity contribution in [2.45, 2.75) is 46.6 Å².